The van der Waals surface area contributed by atoms with E-state index in [4.69, 9.17) is 22.1 Å². The molecule has 0 spiro atoms. The number of phenols is 2. The summed E-state index contributed by atoms with van der Waals surface area (Å²) in [4.78, 5) is 24.6. The molecular weight excluding hydrogens is 354 g/mol. The summed E-state index contributed by atoms with van der Waals surface area (Å²) in [6.07, 6.45) is 1.79. The number of carboxylic acid groups (broad SMARTS) is 1. The minimum Gasteiger partial charge on any atom is -0.504 e. The molecule has 24 heavy (non-hydrogen) atoms. The average molecular weight is 369 g/mol. The number of hydrogen-bond acceptors (Lipinski definition) is 7. The van der Waals surface area contributed by atoms with Crippen LogP contribution in [0.4, 0.5) is 0 Å². The van der Waals surface area contributed by atoms with Crippen molar-refractivity contribution in [3.05, 3.63) is 22.6 Å². The second-order valence-corrected chi connectivity index (χ2v) is 6.60. The number of methoxy groups -OCH3 is 1. The van der Waals surface area contributed by atoms with Gasteiger partial charge in [0.1, 0.15) is 4.32 Å². The smallest absolute Gasteiger partial charge is 0.303 e. The Hall–Kier alpha value is -2.26. The number of benzene rings is 1. The van der Waals surface area contributed by atoms with Crippen molar-refractivity contribution < 1.29 is 29.6 Å². The zero-order valence-corrected chi connectivity index (χ0v) is 14.3. The Morgan fingerprint density at radius 2 is 2.12 bits per heavy atom. The lowest BCUT2D eigenvalue weighted by atomic mass is 10.1. The van der Waals surface area contributed by atoms with Gasteiger partial charge in [-0.2, -0.15) is 0 Å². The molecule has 0 bridgehead atoms. The molecule has 1 aromatic carbocycles. The number of rotatable bonds is 6. The Labute approximate surface area is 147 Å². The lowest BCUT2D eigenvalue weighted by molar-refractivity contribution is -0.137. The first-order chi connectivity index (χ1) is 11.3. The van der Waals surface area contributed by atoms with E-state index in [1.54, 1.807) is 0 Å². The Morgan fingerprint density at radius 1 is 1.42 bits per heavy atom. The molecule has 7 nitrogen and oxygen atoms in total. The molecule has 128 valence electrons. The van der Waals surface area contributed by atoms with Crippen molar-refractivity contribution in [1.82, 2.24) is 4.90 Å². The highest BCUT2D eigenvalue weighted by Crippen LogP contribution is 2.38. The summed E-state index contributed by atoms with van der Waals surface area (Å²) >= 11 is 6.25. The Morgan fingerprint density at radius 3 is 2.75 bits per heavy atom. The lowest BCUT2D eigenvalue weighted by Gasteiger charge is -2.13. The van der Waals surface area contributed by atoms with E-state index in [0.29, 0.717) is 21.2 Å². The van der Waals surface area contributed by atoms with Gasteiger partial charge in [-0.15, -0.1) is 0 Å². The van der Waals surface area contributed by atoms with Crippen molar-refractivity contribution in [2.75, 3.05) is 13.7 Å². The van der Waals surface area contributed by atoms with E-state index in [-0.39, 0.29) is 36.1 Å². The number of hydrogen-bond donors (Lipinski definition) is 3. The molecule has 1 aliphatic rings. The average Bonchev–Trinajstić information content (AvgIpc) is 2.77. The van der Waals surface area contributed by atoms with Crippen molar-refractivity contribution in [2.45, 2.75) is 12.8 Å². The summed E-state index contributed by atoms with van der Waals surface area (Å²) in [6.45, 7) is 0.235. The van der Waals surface area contributed by atoms with Gasteiger partial charge in [0.15, 0.2) is 11.5 Å². The first kappa shape index (κ1) is 18.1. The molecule has 0 atom stereocenters. The van der Waals surface area contributed by atoms with Crippen LogP contribution in [0.2, 0.25) is 0 Å². The lowest BCUT2D eigenvalue weighted by Crippen LogP contribution is -2.29. The molecule has 1 fully saturated rings. The summed E-state index contributed by atoms with van der Waals surface area (Å²) in [6, 6.07) is 2.78. The Balaban J connectivity index is 2.19. The third-order valence-corrected chi connectivity index (χ3v) is 4.62. The van der Waals surface area contributed by atoms with E-state index in [1.807, 2.05) is 0 Å². The van der Waals surface area contributed by atoms with Crippen LogP contribution in [0.15, 0.2) is 17.0 Å². The maximum absolute atomic E-state index is 12.4. The summed E-state index contributed by atoms with van der Waals surface area (Å²) in [5, 5.41) is 28.0. The number of phenolic OH excluding ortho intramolecular Hbond substituents is 2. The third-order valence-electron chi connectivity index (χ3n) is 3.24. The van der Waals surface area contributed by atoms with Gasteiger partial charge in [0, 0.05) is 13.0 Å². The van der Waals surface area contributed by atoms with Crippen LogP contribution in [0.3, 0.4) is 0 Å². The number of carboxylic acids is 1. The molecule has 0 aliphatic carbocycles. The predicted molar refractivity (Wildman–Crippen MR) is 93.1 cm³/mol. The number of ether oxygens (including phenoxy) is 1. The fraction of sp³-hybridized carbons (Fsp3) is 0.267. The Bertz CT molecular complexity index is 731. The predicted octanol–water partition coefficient (Wildman–Crippen LogP) is 2.17. The largest absolute Gasteiger partial charge is 0.504 e. The number of thiocarbonyl (C=S) groups is 1. The first-order valence-electron chi connectivity index (χ1n) is 6.90. The Kier molecular flexibility index (Phi) is 5.68. The molecule has 1 aromatic rings. The van der Waals surface area contributed by atoms with Crippen LogP contribution in [0.25, 0.3) is 6.08 Å². The van der Waals surface area contributed by atoms with Crippen LogP contribution in [-0.2, 0) is 9.59 Å². The zero-order valence-electron chi connectivity index (χ0n) is 12.7. The standard InChI is InChI=1S/C15H15NO6S2/c1-22-10-6-8(5-9(17)13(10)20)7-11-14(21)16(15(23)24-11)4-2-3-12(18)19/h5-7,17,20H,2-4H2,1H3,(H,18,19). The minimum atomic E-state index is -0.928. The number of thioether (sulfide) groups is 1. The van der Waals surface area contributed by atoms with Gasteiger partial charge in [-0.25, -0.2) is 0 Å². The molecule has 0 unspecified atom stereocenters. The van der Waals surface area contributed by atoms with E-state index >= 15 is 0 Å². The van der Waals surface area contributed by atoms with Crippen LogP contribution >= 0.6 is 24.0 Å². The third kappa shape index (κ3) is 3.98. The molecule has 1 aliphatic heterocycles. The number of aromatic hydroxyl groups is 2. The van der Waals surface area contributed by atoms with E-state index < -0.39 is 5.97 Å². The van der Waals surface area contributed by atoms with E-state index in [0.717, 1.165) is 11.8 Å². The van der Waals surface area contributed by atoms with Crippen LogP contribution in [0.1, 0.15) is 18.4 Å². The highest BCUT2D eigenvalue weighted by Gasteiger charge is 2.31. The molecule has 2 rings (SSSR count). The van der Waals surface area contributed by atoms with Crippen LogP contribution < -0.4 is 4.74 Å². The van der Waals surface area contributed by atoms with Gasteiger partial charge in [0.25, 0.3) is 5.91 Å². The van der Waals surface area contributed by atoms with Crippen molar-refractivity contribution in [3.63, 3.8) is 0 Å². The van der Waals surface area contributed by atoms with Gasteiger partial charge >= 0.3 is 5.97 Å². The molecule has 0 radical (unpaired) electrons. The fourth-order valence-electron chi connectivity index (χ4n) is 2.09. The second kappa shape index (κ2) is 7.54. The summed E-state index contributed by atoms with van der Waals surface area (Å²) in [5.74, 6) is -1.91. The van der Waals surface area contributed by atoms with E-state index in [9.17, 15) is 19.8 Å². The second-order valence-electron chi connectivity index (χ2n) is 4.92. The SMILES string of the molecule is COc1cc(C=C2SC(=S)N(CCCC(=O)O)C2=O)cc(O)c1O. The van der Waals surface area contributed by atoms with Gasteiger partial charge in [-0.3, -0.25) is 14.5 Å². The number of carbonyl (C=O) groups is 2. The van der Waals surface area contributed by atoms with Crippen molar-refractivity contribution in [1.29, 1.82) is 0 Å². The molecule has 9 heteroatoms. The van der Waals surface area contributed by atoms with Crippen molar-refractivity contribution in [2.24, 2.45) is 0 Å². The quantitative estimate of drug-likeness (QED) is 0.398. The van der Waals surface area contributed by atoms with Gasteiger partial charge in [0.05, 0.1) is 12.0 Å². The van der Waals surface area contributed by atoms with Crippen LogP contribution in [-0.4, -0.2) is 50.1 Å². The number of amides is 1. The van der Waals surface area contributed by atoms with E-state index in [1.165, 1.54) is 30.2 Å². The van der Waals surface area contributed by atoms with Crippen molar-refractivity contribution >= 4 is 46.3 Å². The van der Waals surface area contributed by atoms with Crippen LogP contribution in [0, 0.1) is 0 Å². The topological polar surface area (TPSA) is 107 Å². The summed E-state index contributed by atoms with van der Waals surface area (Å²) in [5.41, 5.74) is 0.466. The highest BCUT2D eigenvalue weighted by atomic mass is 32.2. The normalized spacial score (nSPS) is 16.0. The summed E-state index contributed by atoms with van der Waals surface area (Å²) < 4.78 is 5.31. The highest BCUT2D eigenvalue weighted by molar-refractivity contribution is 8.26. The molecule has 1 amide bonds. The monoisotopic (exact) mass is 369 g/mol. The number of nitrogens with zero attached hydrogens (tertiary/aromatic N) is 1. The molecule has 1 saturated heterocycles. The minimum absolute atomic E-state index is 0.0425. The maximum atomic E-state index is 12.4. The molecule has 0 saturated carbocycles. The molecular formula is C15H15NO6S2. The maximum Gasteiger partial charge on any atom is 0.303 e. The van der Waals surface area contributed by atoms with Gasteiger partial charge in [0.2, 0.25) is 5.75 Å². The summed E-state index contributed by atoms with van der Waals surface area (Å²) in [7, 11) is 1.35. The fourth-order valence-corrected chi connectivity index (χ4v) is 3.39. The molecule has 0 aromatic heterocycles. The van der Waals surface area contributed by atoms with E-state index in [2.05, 4.69) is 0 Å². The number of carbonyl (C=O) groups excluding carboxylic acids is 1. The van der Waals surface area contributed by atoms with Gasteiger partial charge in [-0.1, -0.05) is 24.0 Å². The van der Waals surface area contributed by atoms with Gasteiger partial charge in [-0.05, 0) is 30.2 Å². The van der Waals surface area contributed by atoms with Gasteiger partial charge < -0.3 is 20.1 Å². The van der Waals surface area contributed by atoms with Crippen LogP contribution in [0.5, 0.6) is 17.2 Å². The zero-order chi connectivity index (χ0) is 17.9. The first-order valence-corrected chi connectivity index (χ1v) is 8.13. The number of aliphatic carboxylic acids is 1. The van der Waals surface area contributed by atoms with Crippen molar-refractivity contribution in [3.8, 4) is 17.2 Å². The molecule has 3 N–H and O–H groups in total. The molecule has 1 heterocycles.